The quantitative estimate of drug-likeness (QED) is 0.863. The summed E-state index contributed by atoms with van der Waals surface area (Å²) in [5.41, 5.74) is 2.46. The molecule has 2 aliphatic rings. The third kappa shape index (κ3) is 3.93. The number of amides is 2. The number of carbonyl (C=O) groups is 1. The summed E-state index contributed by atoms with van der Waals surface area (Å²) in [5.74, 6) is 1.39. The zero-order valence-corrected chi connectivity index (χ0v) is 15.3. The van der Waals surface area contributed by atoms with Gasteiger partial charge in [-0.05, 0) is 50.4 Å². The van der Waals surface area contributed by atoms with Crippen LogP contribution in [0.3, 0.4) is 0 Å². The van der Waals surface area contributed by atoms with E-state index in [1.54, 1.807) is 0 Å². The molecule has 0 aromatic carbocycles. The lowest BCUT2D eigenvalue weighted by Crippen LogP contribution is -2.45. The second kappa shape index (κ2) is 7.58. The fourth-order valence-electron chi connectivity index (χ4n) is 4.34. The molecule has 3 atom stereocenters. The average molecular weight is 332 g/mol. The highest BCUT2D eigenvalue weighted by Crippen LogP contribution is 2.31. The summed E-state index contributed by atoms with van der Waals surface area (Å²) in [6.45, 7) is 4.55. The van der Waals surface area contributed by atoms with Gasteiger partial charge in [0.2, 0.25) is 0 Å². The Labute approximate surface area is 145 Å². The predicted molar refractivity (Wildman–Crippen MR) is 95.8 cm³/mol. The first-order chi connectivity index (χ1) is 11.5. The van der Waals surface area contributed by atoms with Gasteiger partial charge >= 0.3 is 6.03 Å². The monoisotopic (exact) mass is 332 g/mol. The van der Waals surface area contributed by atoms with E-state index in [4.69, 9.17) is 0 Å². The van der Waals surface area contributed by atoms with Gasteiger partial charge in [0.25, 0.3) is 0 Å². The Morgan fingerprint density at radius 1 is 1.29 bits per heavy atom. The standard InChI is InChI=1S/C19H32N4O/c1-13(2)10-11-14-6-4-7-16(14)21-19(24)22-17-8-5-9-18-15(17)12-20-23(18)3/h12-14,16-17H,4-11H2,1-3H3,(H2,21,22,24). The van der Waals surface area contributed by atoms with Crippen LogP contribution in [0.15, 0.2) is 6.20 Å². The van der Waals surface area contributed by atoms with Crippen LogP contribution in [0.25, 0.3) is 0 Å². The predicted octanol–water partition coefficient (Wildman–Crippen LogP) is 3.70. The van der Waals surface area contributed by atoms with E-state index in [-0.39, 0.29) is 12.1 Å². The Balaban J connectivity index is 1.54. The first-order valence-electron chi connectivity index (χ1n) is 9.62. The van der Waals surface area contributed by atoms with E-state index < -0.39 is 0 Å². The van der Waals surface area contributed by atoms with Gasteiger partial charge in [-0.2, -0.15) is 5.10 Å². The molecule has 0 aliphatic heterocycles. The van der Waals surface area contributed by atoms with Gasteiger partial charge in [-0.15, -0.1) is 0 Å². The van der Waals surface area contributed by atoms with Crippen LogP contribution >= 0.6 is 0 Å². The smallest absolute Gasteiger partial charge is 0.315 e. The minimum atomic E-state index is -0.00171. The molecule has 1 heterocycles. The highest BCUT2D eigenvalue weighted by molar-refractivity contribution is 5.75. The first-order valence-corrected chi connectivity index (χ1v) is 9.62. The SMILES string of the molecule is CC(C)CCC1CCCC1NC(=O)NC1CCCc2c1cnn2C. The maximum atomic E-state index is 12.5. The van der Waals surface area contributed by atoms with Crippen LogP contribution in [0, 0.1) is 11.8 Å². The van der Waals surface area contributed by atoms with Crippen LogP contribution in [-0.4, -0.2) is 21.9 Å². The molecule has 1 aromatic heterocycles. The van der Waals surface area contributed by atoms with Crippen LogP contribution in [0.4, 0.5) is 4.79 Å². The molecule has 3 rings (SSSR count). The molecule has 2 aliphatic carbocycles. The third-order valence-corrected chi connectivity index (χ3v) is 5.77. The van der Waals surface area contributed by atoms with Gasteiger partial charge in [0, 0.05) is 24.3 Å². The molecule has 5 nitrogen and oxygen atoms in total. The summed E-state index contributed by atoms with van der Waals surface area (Å²) in [6.07, 6.45) is 11.2. The number of urea groups is 1. The molecule has 0 radical (unpaired) electrons. The Bertz CT molecular complexity index is 566. The molecule has 1 saturated carbocycles. The van der Waals surface area contributed by atoms with Crippen LogP contribution in [0.5, 0.6) is 0 Å². The Kier molecular flexibility index (Phi) is 5.47. The van der Waals surface area contributed by atoms with Crippen LogP contribution in [-0.2, 0) is 13.5 Å². The zero-order valence-electron chi connectivity index (χ0n) is 15.3. The number of carbonyl (C=O) groups excluding carboxylic acids is 1. The lowest BCUT2D eigenvalue weighted by Gasteiger charge is -2.26. The van der Waals surface area contributed by atoms with E-state index in [9.17, 15) is 4.79 Å². The number of hydrogen-bond acceptors (Lipinski definition) is 2. The van der Waals surface area contributed by atoms with Crippen molar-refractivity contribution >= 4 is 6.03 Å². The number of nitrogens with one attached hydrogen (secondary N) is 2. The number of rotatable bonds is 5. The van der Waals surface area contributed by atoms with Crippen molar-refractivity contribution in [2.24, 2.45) is 18.9 Å². The molecule has 2 N–H and O–H groups in total. The molecule has 5 heteroatoms. The lowest BCUT2D eigenvalue weighted by molar-refractivity contribution is 0.226. The van der Waals surface area contributed by atoms with E-state index >= 15 is 0 Å². The van der Waals surface area contributed by atoms with E-state index in [0.29, 0.717) is 12.0 Å². The van der Waals surface area contributed by atoms with Gasteiger partial charge in [0.15, 0.2) is 0 Å². The highest BCUT2D eigenvalue weighted by Gasteiger charge is 2.30. The summed E-state index contributed by atoms with van der Waals surface area (Å²) in [6, 6.07) is 0.455. The zero-order chi connectivity index (χ0) is 17.1. The van der Waals surface area contributed by atoms with Gasteiger partial charge in [-0.1, -0.05) is 26.7 Å². The van der Waals surface area contributed by atoms with E-state index in [2.05, 4.69) is 29.6 Å². The minimum Gasteiger partial charge on any atom is -0.335 e. The normalized spacial score (nSPS) is 26.4. The number of fused-ring (bicyclic) bond motifs is 1. The fourth-order valence-corrected chi connectivity index (χ4v) is 4.34. The maximum Gasteiger partial charge on any atom is 0.315 e. The second-order valence-electron chi connectivity index (χ2n) is 8.00. The van der Waals surface area contributed by atoms with Crippen LogP contribution < -0.4 is 10.6 Å². The number of nitrogens with zero attached hydrogens (tertiary/aromatic N) is 2. The first kappa shape index (κ1) is 17.3. The highest BCUT2D eigenvalue weighted by atomic mass is 16.2. The number of hydrogen-bond donors (Lipinski definition) is 2. The molecule has 134 valence electrons. The molecule has 2 amide bonds. The van der Waals surface area contributed by atoms with E-state index in [1.807, 2.05) is 17.9 Å². The molecule has 0 saturated heterocycles. The largest absolute Gasteiger partial charge is 0.335 e. The number of aryl methyl sites for hydroxylation is 1. The molecule has 0 bridgehead atoms. The molecule has 1 aromatic rings. The van der Waals surface area contributed by atoms with Gasteiger partial charge in [0.1, 0.15) is 0 Å². The number of aromatic nitrogens is 2. The van der Waals surface area contributed by atoms with E-state index in [1.165, 1.54) is 36.9 Å². The third-order valence-electron chi connectivity index (χ3n) is 5.77. The molecule has 24 heavy (non-hydrogen) atoms. The van der Waals surface area contributed by atoms with Crippen molar-refractivity contribution in [3.63, 3.8) is 0 Å². The minimum absolute atomic E-state index is 0.00171. The van der Waals surface area contributed by atoms with Crippen LogP contribution in [0.1, 0.15) is 76.1 Å². The molecular formula is C19H32N4O. The molecule has 3 unspecified atom stereocenters. The summed E-state index contributed by atoms with van der Waals surface area (Å²) < 4.78 is 1.94. The lowest BCUT2D eigenvalue weighted by atomic mass is 9.93. The van der Waals surface area contributed by atoms with Crippen molar-refractivity contribution in [3.05, 3.63) is 17.5 Å². The van der Waals surface area contributed by atoms with Gasteiger partial charge in [-0.3, -0.25) is 4.68 Å². The average Bonchev–Trinajstić information content (AvgIpc) is 3.13. The molecular weight excluding hydrogens is 300 g/mol. The molecule has 1 fully saturated rings. The maximum absolute atomic E-state index is 12.5. The Morgan fingerprint density at radius 2 is 2.12 bits per heavy atom. The summed E-state index contributed by atoms with van der Waals surface area (Å²) in [5, 5.41) is 10.8. The fraction of sp³-hybridized carbons (Fsp3) is 0.789. The van der Waals surface area contributed by atoms with Crippen molar-refractivity contribution in [3.8, 4) is 0 Å². The topological polar surface area (TPSA) is 59.0 Å². The summed E-state index contributed by atoms with van der Waals surface area (Å²) in [4.78, 5) is 12.5. The molecule has 0 spiro atoms. The van der Waals surface area contributed by atoms with Crippen molar-refractivity contribution in [2.75, 3.05) is 0 Å². The van der Waals surface area contributed by atoms with Crippen molar-refractivity contribution < 1.29 is 4.79 Å². The Morgan fingerprint density at radius 3 is 2.92 bits per heavy atom. The Hall–Kier alpha value is -1.52. The van der Waals surface area contributed by atoms with Crippen molar-refractivity contribution in [1.29, 1.82) is 0 Å². The van der Waals surface area contributed by atoms with Crippen LogP contribution in [0.2, 0.25) is 0 Å². The van der Waals surface area contributed by atoms with E-state index in [0.717, 1.165) is 31.6 Å². The second-order valence-corrected chi connectivity index (χ2v) is 8.00. The summed E-state index contributed by atoms with van der Waals surface area (Å²) >= 11 is 0. The van der Waals surface area contributed by atoms with Crippen molar-refractivity contribution in [2.45, 2.75) is 77.3 Å². The summed E-state index contributed by atoms with van der Waals surface area (Å²) in [7, 11) is 1.99. The van der Waals surface area contributed by atoms with Gasteiger partial charge in [-0.25, -0.2) is 4.79 Å². The van der Waals surface area contributed by atoms with Gasteiger partial charge in [0.05, 0.1) is 12.2 Å². The van der Waals surface area contributed by atoms with Gasteiger partial charge < -0.3 is 10.6 Å². The van der Waals surface area contributed by atoms with Crippen molar-refractivity contribution in [1.82, 2.24) is 20.4 Å².